The minimum Gasteiger partial charge on any atom is -0.385 e. The number of allylic oxidation sites excluding steroid dienone is 5. The maximum absolute atomic E-state index is 13.8. The number of carbonyl (C=O) groups excluding carboxylic acids is 1. The van der Waals surface area contributed by atoms with Crippen LogP contribution < -0.4 is 0 Å². The Hall–Kier alpha value is -3.19. The molecule has 0 radical (unpaired) electrons. The van der Waals surface area contributed by atoms with Gasteiger partial charge in [-0.2, -0.15) is 5.10 Å². The van der Waals surface area contributed by atoms with Crippen molar-refractivity contribution in [2.24, 2.45) is 0 Å². The largest absolute Gasteiger partial charge is 0.385 e. The molecular weight excluding hydrogens is 479 g/mol. The smallest absolute Gasteiger partial charge is 0.244 e. The number of amides is 1. The first-order valence-electron chi connectivity index (χ1n) is 13.6. The topological polar surface area (TPSA) is 50.6 Å². The van der Waals surface area contributed by atoms with Gasteiger partial charge in [-0.1, -0.05) is 24.6 Å². The Labute approximate surface area is 227 Å². The Morgan fingerprint density at radius 3 is 2.47 bits per heavy atom. The van der Waals surface area contributed by atoms with E-state index in [1.165, 1.54) is 22.9 Å². The van der Waals surface area contributed by atoms with Gasteiger partial charge in [-0.3, -0.25) is 9.48 Å². The molecule has 38 heavy (non-hydrogen) atoms. The van der Waals surface area contributed by atoms with Crippen molar-refractivity contribution in [3.63, 3.8) is 0 Å². The summed E-state index contributed by atoms with van der Waals surface area (Å²) in [5.41, 5.74) is 7.01. The van der Waals surface area contributed by atoms with Gasteiger partial charge in [0.25, 0.3) is 0 Å². The Kier molecular flexibility index (Phi) is 10.9. The number of nitrogens with zero attached hydrogens (tertiary/aromatic N) is 4. The van der Waals surface area contributed by atoms with Crippen LogP contribution in [0.15, 0.2) is 59.3 Å². The first-order valence-corrected chi connectivity index (χ1v) is 13.6. The molecule has 7 heteroatoms. The van der Waals surface area contributed by atoms with Crippen LogP contribution in [0.4, 0.5) is 4.39 Å². The van der Waals surface area contributed by atoms with Crippen molar-refractivity contribution in [2.45, 2.75) is 60.4 Å². The lowest BCUT2D eigenvalue weighted by molar-refractivity contribution is -0.133. The average Bonchev–Trinajstić information content (AvgIpc) is 3.31. The summed E-state index contributed by atoms with van der Waals surface area (Å²) < 4.78 is 20.9. The molecule has 0 unspecified atom stereocenters. The lowest BCUT2D eigenvalue weighted by atomic mass is 10.1. The monoisotopic (exact) mass is 522 g/mol. The summed E-state index contributed by atoms with van der Waals surface area (Å²) in [6.45, 7) is 14.1. The SMILES string of the molecule is C\C=C/C(C)=C\C(=C(/C)CC)N1CCN(C(=O)Cn2nc(-c3ccc(F)c(C)c3)cc2CCCOC)CC1. The van der Waals surface area contributed by atoms with Gasteiger partial charge in [0.15, 0.2) is 0 Å². The van der Waals surface area contributed by atoms with Crippen LogP contribution in [0.5, 0.6) is 0 Å². The number of aryl methyl sites for hydroxylation is 2. The van der Waals surface area contributed by atoms with E-state index in [1.807, 2.05) is 22.6 Å². The summed E-state index contributed by atoms with van der Waals surface area (Å²) in [4.78, 5) is 17.7. The molecule has 1 amide bonds. The molecule has 0 N–H and O–H groups in total. The zero-order chi connectivity index (χ0) is 27.7. The third kappa shape index (κ3) is 7.67. The number of hydrogen-bond acceptors (Lipinski definition) is 4. The second-order valence-electron chi connectivity index (χ2n) is 10.0. The molecule has 1 aromatic heterocycles. The highest BCUT2D eigenvalue weighted by Gasteiger charge is 2.24. The van der Waals surface area contributed by atoms with Crippen LogP contribution in [0, 0.1) is 12.7 Å². The third-order valence-corrected chi connectivity index (χ3v) is 7.12. The summed E-state index contributed by atoms with van der Waals surface area (Å²) in [6.07, 6.45) is 9.02. The minimum absolute atomic E-state index is 0.0703. The molecule has 1 aliphatic rings. The molecule has 2 aromatic rings. The molecule has 1 fully saturated rings. The average molecular weight is 523 g/mol. The van der Waals surface area contributed by atoms with Crippen LogP contribution in [0.3, 0.4) is 0 Å². The van der Waals surface area contributed by atoms with Gasteiger partial charge in [0.1, 0.15) is 12.4 Å². The standard InChI is InChI=1S/C31H43FN4O2/c1-7-10-23(3)19-30(24(4)8-2)34-14-16-35(17-15-34)31(37)22-36-27(11-9-18-38-6)21-29(33-36)26-12-13-28(32)25(5)20-26/h7,10,12-13,19-21H,8-9,11,14-18,22H2,1-6H3/b10-7-,23-19-,30-24-. The maximum atomic E-state index is 13.8. The molecular formula is C31H43FN4O2. The first kappa shape index (κ1) is 29.4. The van der Waals surface area contributed by atoms with E-state index >= 15 is 0 Å². The van der Waals surface area contributed by atoms with E-state index in [1.54, 1.807) is 26.2 Å². The van der Waals surface area contributed by atoms with Crippen LogP contribution in [-0.4, -0.2) is 65.4 Å². The van der Waals surface area contributed by atoms with Crippen LogP contribution in [0.25, 0.3) is 11.3 Å². The quantitative estimate of drug-likeness (QED) is 0.271. The number of aromatic nitrogens is 2. The molecule has 1 aromatic carbocycles. The number of halogens is 1. The Morgan fingerprint density at radius 2 is 1.84 bits per heavy atom. The van der Waals surface area contributed by atoms with Crippen LogP contribution >= 0.6 is 0 Å². The summed E-state index contributed by atoms with van der Waals surface area (Å²) in [6, 6.07) is 7.03. The number of rotatable bonds is 11. The van der Waals surface area contributed by atoms with Gasteiger partial charge in [0.05, 0.1) is 5.69 Å². The fourth-order valence-electron chi connectivity index (χ4n) is 4.75. The van der Waals surface area contributed by atoms with Gasteiger partial charge in [0.2, 0.25) is 5.91 Å². The van der Waals surface area contributed by atoms with Crippen molar-refractivity contribution in [2.75, 3.05) is 39.9 Å². The number of hydrogen-bond donors (Lipinski definition) is 0. The normalized spacial score (nSPS) is 15.4. The van der Waals surface area contributed by atoms with E-state index in [4.69, 9.17) is 9.84 Å². The molecule has 3 rings (SSSR count). The highest BCUT2D eigenvalue weighted by molar-refractivity contribution is 5.76. The molecule has 2 heterocycles. The second kappa shape index (κ2) is 14.1. The van der Waals surface area contributed by atoms with Crippen molar-refractivity contribution < 1.29 is 13.9 Å². The highest BCUT2D eigenvalue weighted by Crippen LogP contribution is 2.23. The van der Waals surface area contributed by atoms with Crippen molar-refractivity contribution in [3.05, 3.63) is 76.4 Å². The Morgan fingerprint density at radius 1 is 1.13 bits per heavy atom. The number of carbonyl (C=O) groups is 1. The van der Waals surface area contributed by atoms with Crippen molar-refractivity contribution in [1.82, 2.24) is 19.6 Å². The van der Waals surface area contributed by atoms with Crippen LogP contribution in [-0.2, 0) is 22.5 Å². The van der Waals surface area contributed by atoms with E-state index in [-0.39, 0.29) is 18.3 Å². The molecule has 0 atom stereocenters. The van der Waals surface area contributed by atoms with Gasteiger partial charge in [0, 0.05) is 56.9 Å². The second-order valence-corrected chi connectivity index (χ2v) is 10.0. The number of benzene rings is 1. The van der Waals surface area contributed by atoms with E-state index in [9.17, 15) is 9.18 Å². The van der Waals surface area contributed by atoms with E-state index in [0.717, 1.165) is 49.3 Å². The molecule has 6 nitrogen and oxygen atoms in total. The fourth-order valence-corrected chi connectivity index (χ4v) is 4.75. The lowest BCUT2D eigenvalue weighted by Gasteiger charge is -2.37. The summed E-state index contributed by atoms with van der Waals surface area (Å²) >= 11 is 0. The predicted octanol–water partition coefficient (Wildman–Crippen LogP) is 5.93. The van der Waals surface area contributed by atoms with Crippen LogP contribution in [0.2, 0.25) is 0 Å². The number of methoxy groups -OCH3 is 1. The third-order valence-electron chi connectivity index (χ3n) is 7.12. The molecule has 1 aliphatic heterocycles. The van der Waals surface area contributed by atoms with Gasteiger partial charge in [-0.25, -0.2) is 4.39 Å². The molecule has 0 aliphatic carbocycles. The highest BCUT2D eigenvalue weighted by atomic mass is 19.1. The fraction of sp³-hybridized carbons (Fsp3) is 0.484. The minimum atomic E-state index is -0.234. The maximum Gasteiger partial charge on any atom is 0.244 e. The molecule has 0 bridgehead atoms. The van der Waals surface area contributed by atoms with Crippen molar-refractivity contribution in [3.8, 4) is 11.3 Å². The van der Waals surface area contributed by atoms with Gasteiger partial charge < -0.3 is 14.5 Å². The van der Waals surface area contributed by atoms with E-state index < -0.39 is 0 Å². The zero-order valence-electron chi connectivity index (χ0n) is 23.9. The van der Waals surface area contributed by atoms with Crippen molar-refractivity contribution in [1.29, 1.82) is 0 Å². The molecule has 1 saturated heterocycles. The molecule has 0 saturated carbocycles. The van der Waals surface area contributed by atoms with E-state index in [0.29, 0.717) is 25.3 Å². The predicted molar refractivity (Wildman–Crippen MR) is 152 cm³/mol. The van der Waals surface area contributed by atoms with Gasteiger partial charge in [-0.15, -0.1) is 0 Å². The molecule has 0 spiro atoms. The van der Waals surface area contributed by atoms with Gasteiger partial charge in [-0.05, 0) is 88.4 Å². The lowest BCUT2D eigenvalue weighted by Crippen LogP contribution is -2.49. The molecule has 206 valence electrons. The number of ether oxygens (including phenoxy) is 1. The Bertz CT molecular complexity index is 1190. The first-order chi connectivity index (χ1) is 18.3. The zero-order valence-corrected chi connectivity index (χ0v) is 23.9. The van der Waals surface area contributed by atoms with Crippen molar-refractivity contribution >= 4 is 5.91 Å². The summed E-state index contributed by atoms with van der Waals surface area (Å²) in [5, 5.41) is 4.77. The van der Waals surface area contributed by atoms with E-state index in [2.05, 4.69) is 43.9 Å². The summed E-state index contributed by atoms with van der Waals surface area (Å²) in [7, 11) is 1.69. The summed E-state index contributed by atoms with van der Waals surface area (Å²) in [5.74, 6) is -0.164. The van der Waals surface area contributed by atoms with Crippen LogP contribution in [0.1, 0.15) is 51.8 Å². The Balaban J connectivity index is 1.73. The van der Waals surface area contributed by atoms with Gasteiger partial charge >= 0.3 is 0 Å². The number of piperazine rings is 1.